The van der Waals surface area contributed by atoms with Crippen LogP contribution >= 0.6 is 11.6 Å². The van der Waals surface area contributed by atoms with E-state index in [0.29, 0.717) is 35.2 Å². The van der Waals surface area contributed by atoms with E-state index in [0.717, 1.165) is 48.7 Å². The first-order valence-corrected chi connectivity index (χ1v) is 12.5. The molecule has 34 heavy (non-hydrogen) atoms. The monoisotopic (exact) mass is 485 g/mol. The number of phenols is 1. The van der Waals surface area contributed by atoms with Crippen LogP contribution in [0.25, 0.3) is 16.7 Å². The highest BCUT2D eigenvalue weighted by atomic mass is 35.5. The van der Waals surface area contributed by atoms with Crippen LogP contribution < -0.4 is 0 Å². The first-order valence-electron chi connectivity index (χ1n) is 12.2. The zero-order chi connectivity index (χ0) is 24.9. The van der Waals surface area contributed by atoms with E-state index in [1.165, 1.54) is 4.80 Å². The fourth-order valence-electron chi connectivity index (χ4n) is 4.19. The van der Waals surface area contributed by atoms with Gasteiger partial charge < -0.3 is 9.84 Å². The summed E-state index contributed by atoms with van der Waals surface area (Å²) >= 11 is 6.12. The smallest absolute Gasteiger partial charge is 0.305 e. The summed E-state index contributed by atoms with van der Waals surface area (Å²) in [5.74, 6) is 0.519. The lowest BCUT2D eigenvalue weighted by Gasteiger charge is -2.23. The molecule has 1 aromatic heterocycles. The Balaban J connectivity index is 1.88. The van der Waals surface area contributed by atoms with E-state index in [9.17, 15) is 9.90 Å². The van der Waals surface area contributed by atoms with Crippen LogP contribution in [0, 0.1) is 5.92 Å². The van der Waals surface area contributed by atoms with E-state index < -0.39 is 0 Å². The summed E-state index contributed by atoms with van der Waals surface area (Å²) in [4.78, 5) is 13.0. The minimum atomic E-state index is -0.248. The highest BCUT2D eigenvalue weighted by Crippen LogP contribution is 2.37. The summed E-state index contributed by atoms with van der Waals surface area (Å²) in [6.07, 6.45) is 5.29. The predicted octanol–water partition coefficient (Wildman–Crippen LogP) is 6.77. The molecular formula is C27H36ClN3O3. The van der Waals surface area contributed by atoms with Crippen LogP contribution in [0.5, 0.6) is 5.75 Å². The number of fused-ring (bicyclic) bond motifs is 1. The molecule has 0 saturated carbocycles. The number of halogens is 1. The molecule has 184 valence electrons. The van der Waals surface area contributed by atoms with Gasteiger partial charge in [0.25, 0.3) is 0 Å². The van der Waals surface area contributed by atoms with Crippen molar-refractivity contribution < 1.29 is 14.6 Å². The van der Waals surface area contributed by atoms with Crippen molar-refractivity contribution in [3.05, 3.63) is 46.5 Å². The Labute approximate surface area is 207 Å². The lowest BCUT2D eigenvalue weighted by molar-refractivity contribution is -0.143. The zero-order valence-corrected chi connectivity index (χ0v) is 21.7. The van der Waals surface area contributed by atoms with Gasteiger partial charge in [0.05, 0.1) is 6.61 Å². The summed E-state index contributed by atoms with van der Waals surface area (Å²) in [5.41, 5.74) is 3.71. The topological polar surface area (TPSA) is 77.2 Å². The standard InChI is InChI=1S/C27H36ClN3O3/c1-6-8-18(13-14-34-25(32)7-2)9-10-19-15-21(27(3,4)5)26(33)24(16-19)31-29-22-12-11-20(28)17-23(22)30-31/h11-12,15-18,33H,6-10,13-14H2,1-5H3. The molecule has 6 nitrogen and oxygen atoms in total. The Morgan fingerprint density at radius 1 is 1.09 bits per heavy atom. The molecule has 0 aliphatic heterocycles. The molecule has 0 radical (unpaired) electrons. The van der Waals surface area contributed by atoms with Crippen LogP contribution in [0.4, 0.5) is 0 Å². The van der Waals surface area contributed by atoms with Crippen molar-refractivity contribution in [1.82, 2.24) is 15.0 Å². The van der Waals surface area contributed by atoms with E-state index in [1.807, 2.05) is 19.1 Å². The van der Waals surface area contributed by atoms with Crippen molar-refractivity contribution in [2.75, 3.05) is 6.61 Å². The summed E-state index contributed by atoms with van der Waals surface area (Å²) < 4.78 is 5.31. The molecular weight excluding hydrogens is 450 g/mol. The Kier molecular flexibility index (Phi) is 8.58. The maximum Gasteiger partial charge on any atom is 0.305 e. The summed E-state index contributed by atoms with van der Waals surface area (Å²) in [7, 11) is 0. The number of carbonyl (C=O) groups excluding carboxylic acids is 1. The number of benzene rings is 2. The molecule has 1 atom stereocenters. The largest absolute Gasteiger partial charge is 0.505 e. The van der Waals surface area contributed by atoms with Gasteiger partial charge in [-0.2, -0.15) is 0 Å². The Hall–Kier alpha value is -2.60. The van der Waals surface area contributed by atoms with Crippen LogP contribution in [-0.4, -0.2) is 32.7 Å². The van der Waals surface area contributed by atoms with Gasteiger partial charge in [-0.25, -0.2) is 0 Å². The molecule has 1 N–H and O–H groups in total. The molecule has 1 heterocycles. The molecule has 7 heteroatoms. The number of hydrogen-bond acceptors (Lipinski definition) is 5. The molecule has 3 rings (SSSR count). The van der Waals surface area contributed by atoms with Gasteiger partial charge in [-0.3, -0.25) is 4.79 Å². The van der Waals surface area contributed by atoms with Crippen molar-refractivity contribution in [1.29, 1.82) is 0 Å². The van der Waals surface area contributed by atoms with Gasteiger partial charge in [-0.05, 0) is 60.4 Å². The normalized spacial score (nSPS) is 12.8. The van der Waals surface area contributed by atoms with E-state index >= 15 is 0 Å². The van der Waals surface area contributed by atoms with E-state index in [1.54, 1.807) is 12.1 Å². The number of phenolic OH excluding ortho intramolecular Hbond substituents is 1. The molecule has 0 bridgehead atoms. The second-order valence-electron chi connectivity index (χ2n) is 9.94. The van der Waals surface area contributed by atoms with Crippen LogP contribution in [0.3, 0.4) is 0 Å². The first-order chi connectivity index (χ1) is 16.1. The van der Waals surface area contributed by atoms with E-state index in [2.05, 4.69) is 44.0 Å². The molecule has 0 aliphatic carbocycles. The Morgan fingerprint density at radius 3 is 2.50 bits per heavy atom. The van der Waals surface area contributed by atoms with Crippen molar-refractivity contribution in [2.45, 2.75) is 78.6 Å². The van der Waals surface area contributed by atoms with Gasteiger partial charge in [0.1, 0.15) is 22.5 Å². The van der Waals surface area contributed by atoms with Crippen LogP contribution in [0.1, 0.15) is 77.8 Å². The number of aromatic hydroxyl groups is 1. The number of aryl methyl sites for hydroxylation is 1. The quantitative estimate of drug-likeness (QED) is 0.320. The number of ether oxygens (including phenoxy) is 1. The van der Waals surface area contributed by atoms with Crippen molar-refractivity contribution >= 4 is 28.6 Å². The van der Waals surface area contributed by atoms with Gasteiger partial charge in [-0.1, -0.05) is 65.1 Å². The minimum Gasteiger partial charge on any atom is -0.505 e. The number of hydrogen-bond donors (Lipinski definition) is 1. The number of carbonyl (C=O) groups is 1. The number of aromatic nitrogens is 3. The summed E-state index contributed by atoms with van der Waals surface area (Å²) in [5, 5.41) is 20.9. The summed E-state index contributed by atoms with van der Waals surface area (Å²) in [6.45, 7) is 10.7. The highest BCUT2D eigenvalue weighted by Gasteiger charge is 2.23. The van der Waals surface area contributed by atoms with Gasteiger partial charge >= 0.3 is 5.97 Å². The molecule has 2 aromatic carbocycles. The number of rotatable bonds is 10. The SMILES string of the molecule is CCCC(CCOC(=O)CC)CCc1cc(-n2nc3ccc(Cl)cc3n2)c(O)c(C(C)(C)C)c1. The third kappa shape index (κ3) is 6.50. The molecule has 0 amide bonds. The maximum atomic E-state index is 11.5. The van der Waals surface area contributed by atoms with Gasteiger partial charge in [0.15, 0.2) is 0 Å². The van der Waals surface area contributed by atoms with Gasteiger partial charge in [0, 0.05) is 17.0 Å². The Morgan fingerprint density at radius 2 is 1.82 bits per heavy atom. The second-order valence-corrected chi connectivity index (χ2v) is 10.4. The average molecular weight is 486 g/mol. The lowest BCUT2D eigenvalue weighted by atomic mass is 9.83. The summed E-state index contributed by atoms with van der Waals surface area (Å²) in [6, 6.07) is 9.45. The molecule has 0 aliphatic rings. The fourth-order valence-corrected chi connectivity index (χ4v) is 4.36. The second kappa shape index (κ2) is 11.2. The predicted molar refractivity (Wildman–Crippen MR) is 137 cm³/mol. The third-order valence-electron chi connectivity index (χ3n) is 6.13. The molecule has 0 saturated heterocycles. The van der Waals surface area contributed by atoms with Gasteiger partial charge in [-0.15, -0.1) is 15.0 Å². The van der Waals surface area contributed by atoms with Crippen molar-refractivity contribution in [2.24, 2.45) is 5.92 Å². The fraction of sp³-hybridized carbons (Fsp3) is 0.519. The maximum absolute atomic E-state index is 11.5. The third-order valence-corrected chi connectivity index (χ3v) is 6.37. The van der Waals surface area contributed by atoms with Crippen LogP contribution in [-0.2, 0) is 21.4 Å². The van der Waals surface area contributed by atoms with Crippen LogP contribution in [0.15, 0.2) is 30.3 Å². The van der Waals surface area contributed by atoms with E-state index in [4.69, 9.17) is 16.3 Å². The number of nitrogens with zero attached hydrogens (tertiary/aromatic N) is 3. The minimum absolute atomic E-state index is 0.145. The van der Waals surface area contributed by atoms with Gasteiger partial charge in [0.2, 0.25) is 0 Å². The molecule has 0 fully saturated rings. The average Bonchev–Trinajstić information content (AvgIpc) is 3.20. The first kappa shape index (κ1) is 26.0. The molecule has 1 unspecified atom stereocenters. The zero-order valence-electron chi connectivity index (χ0n) is 20.9. The lowest BCUT2D eigenvalue weighted by Crippen LogP contribution is -2.14. The highest BCUT2D eigenvalue weighted by molar-refractivity contribution is 6.31. The molecule has 0 spiro atoms. The van der Waals surface area contributed by atoms with Crippen LogP contribution in [0.2, 0.25) is 5.02 Å². The molecule has 3 aromatic rings. The number of esters is 1. The van der Waals surface area contributed by atoms with Crippen molar-refractivity contribution in [3.8, 4) is 11.4 Å². The Bertz CT molecular complexity index is 1130. The van der Waals surface area contributed by atoms with E-state index in [-0.39, 0.29) is 17.1 Å². The van der Waals surface area contributed by atoms with Crippen molar-refractivity contribution in [3.63, 3.8) is 0 Å².